The molecule has 0 aliphatic rings. The molecule has 0 aromatic heterocycles. The van der Waals surface area contributed by atoms with E-state index in [1.165, 1.54) is 18.4 Å². The molecule has 0 aliphatic heterocycles. The molecule has 0 spiro atoms. The highest BCUT2D eigenvalue weighted by Gasteiger charge is 2.07. The van der Waals surface area contributed by atoms with E-state index in [0.29, 0.717) is 0 Å². The average molecular weight is 266 g/mol. The predicted octanol–water partition coefficient (Wildman–Crippen LogP) is 2.14. The standard InChI is InChI=1S/C15H26N2O2/c1-16-9-5-6-10-17(2)12-13-7-8-14(18-3)11-15(13)19-4/h7-8,11,16H,5-6,9-10,12H2,1-4H3. The smallest absolute Gasteiger partial charge is 0.127 e. The summed E-state index contributed by atoms with van der Waals surface area (Å²) < 4.78 is 10.6. The van der Waals surface area contributed by atoms with Gasteiger partial charge in [0.1, 0.15) is 11.5 Å². The number of hydrogen-bond donors (Lipinski definition) is 1. The molecule has 1 aromatic carbocycles. The van der Waals surface area contributed by atoms with Crippen molar-refractivity contribution in [1.29, 1.82) is 0 Å². The molecule has 0 atom stereocenters. The minimum absolute atomic E-state index is 0.831. The lowest BCUT2D eigenvalue weighted by atomic mass is 10.1. The number of benzene rings is 1. The van der Waals surface area contributed by atoms with E-state index < -0.39 is 0 Å². The van der Waals surface area contributed by atoms with Crippen molar-refractivity contribution in [2.75, 3.05) is 41.4 Å². The summed E-state index contributed by atoms with van der Waals surface area (Å²) in [6, 6.07) is 5.98. The van der Waals surface area contributed by atoms with Crippen molar-refractivity contribution in [1.82, 2.24) is 10.2 Å². The molecule has 0 saturated carbocycles. The second kappa shape index (κ2) is 8.77. The van der Waals surface area contributed by atoms with E-state index >= 15 is 0 Å². The largest absolute Gasteiger partial charge is 0.497 e. The first-order chi connectivity index (χ1) is 9.21. The van der Waals surface area contributed by atoms with Crippen LogP contribution in [0.4, 0.5) is 0 Å². The van der Waals surface area contributed by atoms with E-state index in [-0.39, 0.29) is 0 Å². The van der Waals surface area contributed by atoms with Crippen molar-refractivity contribution < 1.29 is 9.47 Å². The average Bonchev–Trinajstić information content (AvgIpc) is 2.44. The summed E-state index contributed by atoms with van der Waals surface area (Å²) >= 11 is 0. The highest BCUT2D eigenvalue weighted by molar-refractivity contribution is 5.40. The van der Waals surface area contributed by atoms with Crippen LogP contribution in [0.25, 0.3) is 0 Å². The Labute approximate surface area is 116 Å². The number of rotatable bonds is 9. The summed E-state index contributed by atoms with van der Waals surface area (Å²) in [5.74, 6) is 1.72. The van der Waals surface area contributed by atoms with Gasteiger partial charge in [0.05, 0.1) is 14.2 Å². The van der Waals surface area contributed by atoms with Crippen molar-refractivity contribution in [3.05, 3.63) is 23.8 Å². The molecule has 0 fully saturated rings. The Morgan fingerprint density at radius 2 is 1.95 bits per heavy atom. The molecule has 0 unspecified atom stereocenters. The molecule has 1 aromatic rings. The first-order valence-corrected chi connectivity index (χ1v) is 6.75. The van der Waals surface area contributed by atoms with Crippen LogP contribution >= 0.6 is 0 Å². The SMILES string of the molecule is CNCCCCN(C)Cc1ccc(OC)cc1OC. The first-order valence-electron chi connectivity index (χ1n) is 6.75. The van der Waals surface area contributed by atoms with Gasteiger partial charge in [-0.1, -0.05) is 6.07 Å². The second-order valence-corrected chi connectivity index (χ2v) is 4.73. The Balaban J connectivity index is 2.51. The highest BCUT2D eigenvalue weighted by atomic mass is 16.5. The summed E-state index contributed by atoms with van der Waals surface area (Å²) in [6.45, 7) is 3.07. The molecule has 0 amide bonds. The summed E-state index contributed by atoms with van der Waals surface area (Å²) in [5.41, 5.74) is 1.19. The van der Waals surface area contributed by atoms with Gasteiger partial charge in [-0.05, 0) is 46.1 Å². The third kappa shape index (κ3) is 5.49. The molecule has 0 saturated heterocycles. The van der Waals surface area contributed by atoms with Crippen molar-refractivity contribution in [3.8, 4) is 11.5 Å². The van der Waals surface area contributed by atoms with Gasteiger partial charge in [-0.2, -0.15) is 0 Å². The Morgan fingerprint density at radius 3 is 2.58 bits per heavy atom. The summed E-state index contributed by atoms with van der Waals surface area (Å²) in [5, 5.41) is 3.17. The minimum atomic E-state index is 0.831. The third-order valence-corrected chi connectivity index (χ3v) is 3.15. The van der Waals surface area contributed by atoms with E-state index in [1.807, 2.05) is 19.2 Å². The lowest BCUT2D eigenvalue weighted by Gasteiger charge is -2.18. The van der Waals surface area contributed by atoms with Crippen LogP contribution in [0.5, 0.6) is 11.5 Å². The number of nitrogens with zero attached hydrogens (tertiary/aromatic N) is 1. The Morgan fingerprint density at radius 1 is 1.16 bits per heavy atom. The lowest BCUT2D eigenvalue weighted by molar-refractivity contribution is 0.309. The van der Waals surface area contributed by atoms with Crippen LogP contribution in [-0.2, 0) is 6.54 Å². The van der Waals surface area contributed by atoms with Crippen molar-refractivity contribution in [2.45, 2.75) is 19.4 Å². The highest BCUT2D eigenvalue weighted by Crippen LogP contribution is 2.25. The fraction of sp³-hybridized carbons (Fsp3) is 0.600. The van der Waals surface area contributed by atoms with Gasteiger partial charge < -0.3 is 19.7 Å². The van der Waals surface area contributed by atoms with Gasteiger partial charge in [-0.3, -0.25) is 0 Å². The molecule has 0 radical (unpaired) electrons. The molecule has 4 heteroatoms. The number of methoxy groups -OCH3 is 2. The first kappa shape index (κ1) is 15.8. The van der Waals surface area contributed by atoms with Gasteiger partial charge in [-0.25, -0.2) is 0 Å². The van der Waals surface area contributed by atoms with Crippen LogP contribution < -0.4 is 14.8 Å². The molecule has 0 bridgehead atoms. The fourth-order valence-corrected chi connectivity index (χ4v) is 2.04. The maximum atomic E-state index is 5.42. The predicted molar refractivity (Wildman–Crippen MR) is 79.0 cm³/mol. The van der Waals surface area contributed by atoms with Crippen LogP contribution in [-0.4, -0.2) is 46.3 Å². The topological polar surface area (TPSA) is 33.7 Å². The van der Waals surface area contributed by atoms with Crippen molar-refractivity contribution in [3.63, 3.8) is 0 Å². The zero-order valence-electron chi connectivity index (χ0n) is 12.5. The third-order valence-electron chi connectivity index (χ3n) is 3.15. The van der Waals surface area contributed by atoms with Gasteiger partial charge in [0, 0.05) is 18.2 Å². The van der Waals surface area contributed by atoms with E-state index in [1.54, 1.807) is 14.2 Å². The van der Waals surface area contributed by atoms with Crippen LogP contribution in [0, 0.1) is 0 Å². The zero-order chi connectivity index (χ0) is 14.1. The number of hydrogen-bond acceptors (Lipinski definition) is 4. The molecule has 4 nitrogen and oxygen atoms in total. The normalized spacial score (nSPS) is 10.8. The maximum Gasteiger partial charge on any atom is 0.127 e. The summed E-state index contributed by atoms with van der Waals surface area (Å²) in [4.78, 5) is 2.32. The van der Waals surface area contributed by atoms with Crippen LogP contribution in [0.3, 0.4) is 0 Å². The van der Waals surface area contributed by atoms with Crippen LogP contribution in [0.15, 0.2) is 18.2 Å². The van der Waals surface area contributed by atoms with E-state index in [2.05, 4.69) is 23.3 Å². The quantitative estimate of drug-likeness (QED) is 0.694. The molecule has 108 valence electrons. The number of ether oxygens (including phenoxy) is 2. The van der Waals surface area contributed by atoms with Crippen LogP contribution in [0.2, 0.25) is 0 Å². The number of nitrogens with one attached hydrogen (secondary N) is 1. The van der Waals surface area contributed by atoms with Gasteiger partial charge in [-0.15, -0.1) is 0 Å². The molecule has 19 heavy (non-hydrogen) atoms. The minimum Gasteiger partial charge on any atom is -0.497 e. The summed E-state index contributed by atoms with van der Waals surface area (Å²) in [7, 11) is 7.50. The van der Waals surface area contributed by atoms with Crippen LogP contribution in [0.1, 0.15) is 18.4 Å². The van der Waals surface area contributed by atoms with Crippen molar-refractivity contribution >= 4 is 0 Å². The molecule has 1 N–H and O–H groups in total. The van der Waals surface area contributed by atoms with E-state index in [4.69, 9.17) is 9.47 Å². The molecular formula is C15H26N2O2. The van der Waals surface area contributed by atoms with E-state index in [0.717, 1.165) is 31.1 Å². The Hall–Kier alpha value is -1.26. The molecule has 0 heterocycles. The molecular weight excluding hydrogens is 240 g/mol. The van der Waals surface area contributed by atoms with Gasteiger partial charge in [0.25, 0.3) is 0 Å². The van der Waals surface area contributed by atoms with Gasteiger partial charge in [0.2, 0.25) is 0 Å². The summed E-state index contributed by atoms with van der Waals surface area (Å²) in [6.07, 6.45) is 2.41. The fourth-order valence-electron chi connectivity index (χ4n) is 2.04. The molecule has 0 aliphatic carbocycles. The van der Waals surface area contributed by atoms with Crippen molar-refractivity contribution in [2.24, 2.45) is 0 Å². The second-order valence-electron chi connectivity index (χ2n) is 4.73. The molecule has 1 rings (SSSR count). The maximum absolute atomic E-state index is 5.42. The lowest BCUT2D eigenvalue weighted by Crippen LogP contribution is -2.20. The number of unbranched alkanes of at least 4 members (excludes halogenated alkanes) is 1. The van der Waals surface area contributed by atoms with E-state index in [9.17, 15) is 0 Å². The Bertz CT molecular complexity index is 369. The monoisotopic (exact) mass is 266 g/mol. The Kier molecular flexibility index (Phi) is 7.30. The van der Waals surface area contributed by atoms with Gasteiger partial charge >= 0.3 is 0 Å². The van der Waals surface area contributed by atoms with Gasteiger partial charge in [0.15, 0.2) is 0 Å². The zero-order valence-corrected chi connectivity index (χ0v) is 12.5.